The molecule has 3 aromatic heterocycles. The van der Waals surface area contributed by atoms with Gasteiger partial charge in [0, 0.05) is 23.5 Å². The first-order chi connectivity index (χ1) is 15.6. The number of hydrogen-bond acceptors (Lipinski definition) is 8. The number of aromatic nitrogens is 8. The highest BCUT2D eigenvalue weighted by atomic mass is 19.1. The average molecular weight is 433 g/mol. The molecule has 1 unspecified atom stereocenters. The molecule has 0 N–H and O–H groups in total. The number of halogens is 1. The number of rotatable bonds is 4. The summed E-state index contributed by atoms with van der Waals surface area (Å²) >= 11 is 0. The molecule has 12 heteroatoms. The molecule has 11 nitrogen and oxygen atoms in total. The number of ether oxygens (including phenoxy) is 1. The Bertz CT molecular complexity index is 1320. The Morgan fingerprint density at radius 1 is 1.25 bits per heavy atom. The second-order valence-electron chi connectivity index (χ2n) is 7.68. The lowest BCUT2D eigenvalue weighted by Crippen LogP contribution is -2.35. The Kier molecular flexibility index (Phi) is 4.00. The van der Waals surface area contributed by atoms with Gasteiger partial charge in [-0.2, -0.15) is 4.80 Å². The van der Waals surface area contributed by atoms with Gasteiger partial charge < -0.3 is 4.74 Å². The predicted octanol–water partition coefficient (Wildman–Crippen LogP) is 1.62. The first kappa shape index (κ1) is 18.5. The van der Waals surface area contributed by atoms with Crippen molar-refractivity contribution in [3.05, 3.63) is 54.2 Å². The summed E-state index contributed by atoms with van der Waals surface area (Å²) in [4.78, 5) is 19.7. The van der Waals surface area contributed by atoms with Crippen LogP contribution in [0.1, 0.15) is 5.56 Å². The van der Waals surface area contributed by atoms with Crippen LogP contribution < -0.4 is 4.90 Å². The summed E-state index contributed by atoms with van der Waals surface area (Å²) in [6.45, 7) is 0.387. The quantitative estimate of drug-likeness (QED) is 0.477. The highest BCUT2D eigenvalue weighted by Crippen LogP contribution is 2.42. The number of nitrogens with zero attached hydrogens (tertiary/aromatic N) is 9. The number of cyclic esters (lactones) is 1. The van der Waals surface area contributed by atoms with E-state index in [-0.39, 0.29) is 6.04 Å². The molecule has 2 aliphatic rings. The standard InChI is InChI=1S/C20H16FN9O2/c1-28-25-19(24-27-28)15-3-2-11(9-22-15)13-6-12-7-17-18(10-29-5-4-23-26-29)32-20(31)30(17)16(12)8-14(13)21/h2-6,8-9,17-18H,7,10H2,1H3/t17-,18?/m0/s1. The molecule has 1 aromatic carbocycles. The number of hydrogen-bond donors (Lipinski definition) is 0. The molecular weight excluding hydrogens is 417 g/mol. The number of aryl methyl sites for hydroxylation is 1. The Morgan fingerprint density at radius 2 is 2.16 bits per heavy atom. The van der Waals surface area contributed by atoms with Gasteiger partial charge in [-0.1, -0.05) is 11.3 Å². The van der Waals surface area contributed by atoms with Crippen molar-refractivity contribution in [1.82, 2.24) is 40.2 Å². The Balaban J connectivity index is 1.30. The molecule has 1 fully saturated rings. The minimum atomic E-state index is -0.478. The second-order valence-corrected chi connectivity index (χ2v) is 7.68. The maximum atomic E-state index is 15.1. The predicted molar refractivity (Wildman–Crippen MR) is 108 cm³/mol. The van der Waals surface area contributed by atoms with Crippen molar-refractivity contribution in [3.8, 4) is 22.6 Å². The Labute approximate surface area is 180 Å². The van der Waals surface area contributed by atoms with Crippen LogP contribution >= 0.6 is 0 Å². The molecule has 0 radical (unpaired) electrons. The summed E-state index contributed by atoms with van der Waals surface area (Å²) in [5, 5.41) is 19.6. The molecule has 2 atom stereocenters. The van der Waals surface area contributed by atoms with Crippen LogP contribution in [0.4, 0.5) is 14.9 Å². The summed E-state index contributed by atoms with van der Waals surface area (Å²) in [7, 11) is 1.67. The molecular formula is C20H16FN9O2. The molecule has 0 aliphatic carbocycles. The molecule has 4 aromatic rings. The van der Waals surface area contributed by atoms with Gasteiger partial charge in [0.2, 0.25) is 5.82 Å². The summed E-state index contributed by atoms with van der Waals surface area (Å²) in [6, 6.07) is 6.44. The van der Waals surface area contributed by atoms with Gasteiger partial charge in [-0.05, 0) is 35.4 Å². The molecule has 0 spiro atoms. The monoisotopic (exact) mass is 433 g/mol. The fourth-order valence-corrected chi connectivity index (χ4v) is 4.25. The number of carbonyl (C=O) groups is 1. The van der Waals surface area contributed by atoms with Crippen molar-refractivity contribution in [2.45, 2.75) is 25.1 Å². The number of pyridine rings is 1. The normalized spacial score (nSPS) is 19.2. The minimum absolute atomic E-state index is 0.223. The number of anilines is 1. The molecule has 160 valence electrons. The van der Waals surface area contributed by atoms with Gasteiger partial charge in [-0.25, -0.2) is 13.9 Å². The van der Waals surface area contributed by atoms with Gasteiger partial charge in [0.05, 0.1) is 31.5 Å². The van der Waals surface area contributed by atoms with Crippen LogP contribution in [0, 0.1) is 5.82 Å². The SMILES string of the molecule is Cn1nnc(-c2ccc(-c3cc4c(cc3F)N3C(=O)OC(Cn5ccnn5)[C@@H]3C4)cn2)n1. The zero-order valence-electron chi connectivity index (χ0n) is 16.8. The van der Waals surface area contributed by atoms with E-state index in [2.05, 4.69) is 30.7 Å². The van der Waals surface area contributed by atoms with E-state index in [0.29, 0.717) is 41.3 Å². The van der Waals surface area contributed by atoms with Gasteiger partial charge in [-0.15, -0.1) is 15.3 Å². The number of amides is 1. The van der Waals surface area contributed by atoms with Gasteiger partial charge in [0.15, 0.2) is 0 Å². The number of benzene rings is 1. The van der Waals surface area contributed by atoms with Crippen molar-refractivity contribution < 1.29 is 13.9 Å². The minimum Gasteiger partial charge on any atom is -0.442 e. The second kappa shape index (κ2) is 6.90. The highest BCUT2D eigenvalue weighted by Gasteiger charge is 2.48. The number of tetrazole rings is 1. The van der Waals surface area contributed by atoms with E-state index in [1.165, 1.54) is 15.8 Å². The van der Waals surface area contributed by atoms with E-state index in [0.717, 1.165) is 5.56 Å². The van der Waals surface area contributed by atoms with Crippen LogP contribution in [0.3, 0.4) is 0 Å². The third-order valence-electron chi connectivity index (χ3n) is 5.72. The van der Waals surface area contributed by atoms with Gasteiger partial charge >= 0.3 is 6.09 Å². The van der Waals surface area contributed by atoms with Crippen molar-refractivity contribution in [1.29, 1.82) is 0 Å². The van der Waals surface area contributed by atoms with E-state index >= 15 is 4.39 Å². The van der Waals surface area contributed by atoms with Gasteiger partial charge in [-0.3, -0.25) is 9.88 Å². The van der Waals surface area contributed by atoms with Crippen molar-refractivity contribution in [3.63, 3.8) is 0 Å². The number of fused-ring (bicyclic) bond motifs is 3. The maximum absolute atomic E-state index is 15.1. The lowest BCUT2D eigenvalue weighted by molar-refractivity contribution is 0.117. The first-order valence-corrected chi connectivity index (χ1v) is 9.94. The third-order valence-corrected chi connectivity index (χ3v) is 5.72. The average Bonchev–Trinajstić information content (AvgIpc) is 3.56. The molecule has 32 heavy (non-hydrogen) atoms. The van der Waals surface area contributed by atoms with Gasteiger partial charge in [0.1, 0.15) is 17.6 Å². The maximum Gasteiger partial charge on any atom is 0.415 e. The van der Waals surface area contributed by atoms with Crippen molar-refractivity contribution in [2.75, 3.05) is 4.90 Å². The summed E-state index contributed by atoms with van der Waals surface area (Å²) in [5.74, 6) is -0.0462. The van der Waals surface area contributed by atoms with Crippen molar-refractivity contribution >= 4 is 11.8 Å². The molecule has 1 amide bonds. The van der Waals surface area contributed by atoms with Crippen LogP contribution in [0.15, 0.2) is 42.9 Å². The zero-order valence-corrected chi connectivity index (χ0v) is 16.8. The summed E-state index contributed by atoms with van der Waals surface area (Å²) in [6.07, 6.45) is 4.54. The summed E-state index contributed by atoms with van der Waals surface area (Å²) < 4.78 is 22.2. The van der Waals surface area contributed by atoms with Gasteiger partial charge in [0.25, 0.3) is 0 Å². The molecule has 1 saturated heterocycles. The van der Waals surface area contributed by atoms with E-state index in [1.54, 1.807) is 48.5 Å². The molecule has 2 aliphatic heterocycles. The molecule has 0 saturated carbocycles. The molecule has 0 bridgehead atoms. The number of carbonyl (C=O) groups excluding carboxylic acids is 1. The molecule has 5 heterocycles. The van der Waals surface area contributed by atoms with E-state index in [4.69, 9.17) is 4.74 Å². The van der Waals surface area contributed by atoms with Crippen LogP contribution in [0.25, 0.3) is 22.6 Å². The first-order valence-electron chi connectivity index (χ1n) is 9.94. The van der Waals surface area contributed by atoms with E-state index < -0.39 is 18.0 Å². The van der Waals surface area contributed by atoms with E-state index in [1.807, 2.05) is 0 Å². The summed E-state index contributed by atoms with van der Waals surface area (Å²) in [5.41, 5.74) is 2.99. The highest BCUT2D eigenvalue weighted by molar-refractivity contribution is 5.94. The molecule has 6 rings (SSSR count). The Morgan fingerprint density at radius 3 is 2.88 bits per heavy atom. The fourth-order valence-electron chi connectivity index (χ4n) is 4.25. The Hall–Kier alpha value is -4.22. The smallest absolute Gasteiger partial charge is 0.415 e. The lowest BCUT2D eigenvalue weighted by Gasteiger charge is -2.16. The van der Waals surface area contributed by atoms with Crippen LogP contribution in [-0.4, -0.2) is 58.4 Å². The lowest BCUT2D eigenvalue weighted by atomic mass is 10.00. The van der Waals surface area contributed by atoms with Crippen molar-refractivity contribution in [2.24, 2.45) is 7.05 Å². The topological polar surface area (TPSA) is 117 Å². The van der Waals surface area contributed by atoms with E-state index in [9.17, 15) is 4.79 Å². The van der Waals surface area contributed by atoms with Crippen LogP contribution in [0.5, 0.6) is 0 Å². The van der Waals surface area contributed by atoms with Crippen LogP contribution in [-0.2, 0) is 24.8 Å². The third kappa shape index (κ3) is 2.91. The zero-order chi connectivity index (χ0) is 21.8. The largest absolute Gasteiger partial charge is 0.442 e. The van der Waals surface area contributed by atoms with Crippen LogP contribution in [0.2, 0.25) is 0 Å². The fraction of sp³-hybridized carbons (Fsp3) is 0.250.